The van der Waals surface area contributed by atoms with Crippen LogP contribution < -0.4 is 4.72 Å². The van der Waals surface area contributed by atoms with Crippen molar-refractivity contribution in [3.8, 4) is 0 Å². The molecule has 3 aromatic rings. The highest BCUT2D eigenvalue weighted by molar-refractivity contribution is 7.89. The fraction of sp³-hybridized carbons (Fsp3) is 0.158. The maximum absolute atomic E-state index is 12.3. The van der Waals surface area contributed by atoms with Crippen LogP contribution in [0, 0.1) is 0 Å². The molecule has 0 saturated heterocycles. The average Bonchev–Trinajstić information content (AvgIpc) is 3.04. The summed E-state index contributed by atoms with van der Waals surface area (Å²) in [5.41, 5.74) is 1.90. The molecule has 27 heavy (non-hydrogen) atoms. The summed E-state index contributed by atoms with van der Waals surface area (Å²) in [6.45, 7) is 0.203. The zero-order chi connectivity index (χ0) is 19.3. The highest BCUT2D eigenvalue weighted by Gasteiger charge is 2.15. The first-order chi connectivity index (χ1) is 13.0. The lowest BCUT2D eigenvalue weighted by atomic mass is 10.1. The number of sulfonamides is 1. The van der Waals surface area contributed by atoms with Crippen molar-refractivity contribution >= 4 is 39.2 Å². The summed E-state index contributed by atoms with van der Waals surface area (Å²) in [7, 11) is -3.61. The molecule has 8 heteroatoms. The van der Waals surface area contributed by atoms with Gasteiger partial charge in [0, 0.05) is 35.3 Å². The summed E-state index contributed by atoms with van der Waals surface area (Å²) in [6, 6.07) is 11.8. The Morgan fingerprint density at radius 1 is 1.19 bits per heavy atom. The third-order valence-electron chi connectivity index (χ3n) is 3.91. The van der Waals surface area contributed by atoms with E-state index in [9.17, 15) is 13.2 Å². The normalized spacial score (nSPS) is 11.4. The number of aldehydes is 1. The fourth-order valence-corrected chi connectivity index (χ4v) is 4.83. The minimum atomic E-state index is -3.61. The molecule has 0 amide bonds. The summed E-state index contributed by atoms with van der Waals surface area (Å²) in [5, 5.41) is 0.476. The molecule has 2 heterocycles. The zero-order valence-electron chi connectivity index (χ0n) is 14.3. The van der Waals surface area contributed by atoms with Crippen molar-refractivity contribution in [1.82, 2.24) is 9.71 Å². The summed E-state index contributed by atoms with van der Waals surface area (Å²) in [5.74, 6) is 0. The van der Waals surface area contributed by atoms with Crippen molar-refractivity contribution in [3.63, 3.8) is 0 Å². The number of carbonyl (C=O) groups excluding carboxylic acids is 1. The van der Waals surface area contributed by atoms with E-state index in [-0.39, 0.29) is 11.4 Å². The number of nitrogens with zero attached hydrogens (tertiary/aromatic N) is 1. The second-order valence-corrected chi connectivity index (χ2v) is 9.23. The van der Waals surface area contributed by atoms with Crippen LogP contribution in [0.1, 0.15) is 25.7 Å². The van der Waals surface area contributed by atoms with Crippen molar-refractivity contribution in [2.75, 3.05) is 6.54 Å². The highest BCUT2D eigenvalue weighted by Crippen LogP contribution is 2.24. The van der Waals surface area contributed by atoms with Crippen molar-refractivity contribution < 1.29 is 13.2 Å². The number of hydrogen-bond donors (Lipinski definition) is 1. The number of aromatic nitrogens is 1. The number of benzene rings is 1. The van der Waals surface area contributed by atoms with E-state index in [1.54, 1.807) is 12.4 Å². The van der Waals surface area contributed by atoms with E-state index in [1.807, 2.05) is 18.2 Å². The maximum Gasteiger partial charge on any atom is 0.240 e. The Kier molecular flexibility index (Phi) is 6.38. The van der Waals surface area contributed by atoms with Gasteiger partial charge in [0.25, 0.3) is 0 Å². The summed E-state index contributed by atoms with van der Waals surface area (Å²) >= 11 is 7.21. The largest absolute Gasteiger partial charge is 0.297 e. The molecule has 0 fully saturated rings. The Labute approximate surface area is 167 Å². The molecule has 3 rings (SSSR count). The first-order valence-electron chi connectivity index (χ1n) is 8.19. The Balaban J connectivity index is 1.65. The van der Waals surface area contributed by atoms with Gasteiger partial charge < -0.3 is 0 Å². The van der Waals surface area contributed by atoms with Gasteiger partial charge in [-0.15, -0.1) is 11.3 Å². The summed E-state index contributed by atoms with van der Waals surface area (Å²) in [6.07, 6.45) is 5.45. The van der Waals surface area contributed by atoms with Crippen LogP contribution in [0.3, 0.4) is 0 Å². The van der Waals surface area contributed by atoms with Crippen LogP contribution in [0.5, 0.6) is 0 Å². The smallest absolute Gasteiger partial charge is 0.240 e. The Morgan fingerprint density at radius 3 is 2.63 bits per heavy atom. The number of hydrogen-bond acceptors (Lipinski definition) is 5. The van der Waals surface area contributed by atoms with Crippen molar-refractivity contribution in [2.24, 2.45) is 0 Å². The van der Waals surface area contributed by atoms with Gasteiger partial charge in [-0.1, -0.05) is 17.7 Å². The van der Waals surface area contributed by atoms with Gasteiger partial charge in [0.1, 0.15) is 0 Å². The lowest BCUT2D eigenvalue weighted by molar-refractivity contribution is 0.112. The molecule has 1 aromatic carbocycles. The number of nitrogens with one attached hydrogen (secondary N) is 1. The molecular weight excluding hydrogens is 404 g/mol. The zero-order valence-corrected chi connectivity index (χ0v) is 16.7. The van der Waals surface area contributed by atoms with Gasteiger partial charge in [-0.3, -0.25) is 9.78 Å². The maximum atomic E-state index is 12.3. The van der Waals surface area contributed by atoms with Gasteiger partial charge in [0.15, 0.2) is 6.29 Å². The quantitative estimate of drug-likeness (QED) is 0.563. The molecular formula is C19H17ClN2O3S2. The van der Waals surface area contributed by atoms with Gasteiger partial charge in [-0.2, -0.15) is 0 Å². The molecule has 0 atom stereocenters. The molecule has 0 unspecified atom stereocenters. The number of rotatable bonds is 8. The topological polar surface area (TPSA) is 76.1 Å². The van der Waals surface area contributed by atoms with E-state index < -0.39 is 10.0 Å². The lowest BCUT2D eigenvalue weighted by Crippen LogP contribution is -2.26. The number of thiophene rings is 1. The minimum Gasteiger partial charge on any atom is -0.297 e. The fourth-order valence-electron chi connectivity index (χ4n) is 2.60. The second-order valence-electron chi connectivity index (χ2n) is 5.86. The first kappa shape index (κ1) is 19.7. The monoisotopic (exact) mass is 420 g/mol. The molecule has 0 spiro atoms. The molecule has 0 radical (unpaired) electrons. The van der Waals surface area contributed by atoms with Gasteiger partial charge in [0.05, 0.1) is 9.77 Å². The molecule has 0 aliphatic carbocycles. The third-order valence-corrected chi connectivity index (χ3v) is 6.74. The first-order valence-corrected chi connectivity index (χ1v) is 10.9. The van der Waals surface area contributed by atoms with Gasteiger partial charge in [0.2, 0.25) is 10.0 Å². The Hall–Kier alpha value is -2.06. The van der Waals surface area contributed by atoms with Gasteiger partial charge in [-0.05, 0) is 53.9 Å². The second kappa shape index (κ2) is 8.75. The predicted molar refractivity (Wildman–Crippen MR) is 107 cm³/mol. The number of pyridine rings is 1. The molecule has 2 aromatic heterocycles. The van der Waals surface area contributed by atoms with E-state index in [0.29, 0.717) is 22.7 Å². The van der Waals surface area contributed by atoms with Crippen LogP contribution in [0.4, 0.5) is 0 Å². The van der Waals surface area contributed by atoms with Crippen LogP contribution >= 0.6 is 22.9 Å². The molecule has 140 valence electrons. The molecule has 0 aliphatic rings. The van der Waals surface area contributed by atoms with E-state index in [1.165, 1.54) is 35.6 Å². The minimum absolute atomic E-state index is 0.157. The molecule has 0 aliphatic heterocycles. The average molecular weight is 421 g/mol. The van der Waals surface area contributed by atoms with Crippen LogP contribution in [-0.4, -0.2) is 26.2 Å². The van der Waals surface area contributed by atoms with E-state index in [0.717, 1.165) is 22.3 Å². The van der Waals surface area contributed by atoms with E-state index in [4.69, 9.17) is 11.6 Å². The standard InChI is InChI=1S/C19H17ClN2O3S2/c20-16-3-5-18(6-4-16)27(24,25)22-9-7-15-11-17(26-19(15)13-23)10-14-2-1-8-21-12-14/h1-6,8,11-13,22H,7,9-10H2. The van der Waals surface area contributed by atoms with Crippen molar-refractivity contribution in [3.05, 3.63) is 80.8 Å². The summed E-state index contributed by atoms with van der Waals surface area (Å²) < 4.78 is 27.2. The Morgan fingerprint density at radius 2 is 1.96 bits per heavy atom. The highest BCUT2D eigenvalue weighted by atomic mass is 35.5. The predicted octanol–water partition coefficient (Wildman–Crippen LogP) is 3.72. The summed E-state index contributed by atoms with van der Waals surface area (Å²) in [4.78, 5) is 17.3. The van der Waals surface area contributed by atoms with Crippen molar-refractivity contribution in [2.45, 2.75) is 17.7 Å². The molecule has 5 nitrogen and oxygen atoms in total. The van der Waals surface area contributed by atoms with Crippen molar-refractivity contribution in [1.29, 1.82) is 0 Å². The SMILES string of the molecule is O=Cc1sc(Cc2cccnc2)cc1CCNS(=O)(=O)c1ccc(Cl)cc1. The number of carbonyl (C=O) groups is 1. The van der Waals surface area contributed by atoms with Crippen LogP contribution in [-0.2, 0) is 22.9 Å². The van der Waals surface area contributed by atoms with E-state index >= 15 is 0 Å². The molecule has 1 N–H and O–H groups in total. The third kappa shape index (κ3) is 5.23. The molecule has 0 saturated carbocycles. The van der Waals surface area contributed by atoms with Crippen LogP contribution in [0.2, 0.25) is 5.02 Å². The molecule has 0 bridgehead atoms. The van der Waals surface area contributed by atoms with Gasteiger partial charge in [-0.25, -0.2) is 13.1 Å². The lowest BCUT2D eigenvalue weighted by Gasteiger charge is -2.06. The van der Waals surface area contributed by atoms with E-state index in [2.05, 4.69) is 9.71 Å². The number of halogens is 1. The Bertz CT molecular complexity index is 1020. The van der Waals surface area contributed by atoms with Crippen LogP contribution in [0.15, 0.2) is 59.8 Å². The van der Waals surface area contributed by atoms with Gasteiger partial charge >= 0.3 is 0 Å². The van der Waals surface area contributed by atoms with Crippen LogP contribution in [0.25, 0.3) is 0 Å².